The lowest BCUT2D eigenvalue weighted by molar-refractivity contribution is 0.160. The minimum atomic E-state index is -0.507. The first kappa shape index (κ1) is 16.0. The smallest absolute Gasteiger partial charge is 0.315 e. The van der Waals surface area contributed by atoms with E-state index in [1.165, 1.54) is 6.26 Å². The molecule has 2 rings (SSSR count). The van der Waals surface area contributed by atoms with E-state index in [2.05, 4.69) is 15.6 Å². The monoisotopic (exact) mass is 303 g/mol. The van der Waals surface area contributed by atoms with Crippen LogP contribution in [-0.2, 0) is 6.54 Å². The number of urea groups is 1. The van der Waals surface area contributed by atoms with Crippen LogP contribution in [0.4, 0.5) is 4.79 Å². The minimum absolute atomic E-state index is 0.244. The van der Waals surface area contributed by atoms with Crippen molar-refractivity contribution < 1.29 is 14.3 Å². The fraction of sp³-hybridized carbons (Fsp3) is 0.375. The highest BCUT2D eigenvalue weighted by Gasteiger charge is 2.09. The summed E-state index contributed by atoms with van der Waals surface area (Å²) >= 11 is 0. The van der Waals surface area contributed by atoms with E-state index >= 15 is 0 Å². The van der Waals surface area contributed by atoms with Gasteiger partial charge in [-0.3, -0.25) is 0 Å². The predicted octanol–water partition coefficient (Wildman–Crippen LogP) is 2.30. The van der Waals surface area contributed by atoms with E-state index in [1.54, 1.807) is 0 Å². The molecule has 3 N–H and O–H groups in total. The summed E-state index contributed by atoms with van der Waals surface area (Å²) in [4.78, 5) is 15.9. The summed E-state index contributed by atoms with van der Waals surface area (Å²) in [7, 11) is 0. The van der Waals surface area contributed by atoms with E-state index in [9.17, 15) is 9.90 Å². The van der Waals surface area contributed by atoms with Gasteiger partial charge in [0.2, 0.25) is 5.89 Å². The van der Waals surface area contributed by atoms with Crippen LogP contribution in [-0.4, -0.2) is 28.8 Å². The number of nitrogens with one attached hydrogen (secondary N) is 2. The number of hydrogen-bond donors (Lipinski definition) is 3. The molecule has 1 atom stereocenters. The third-order valence-electron chi connectivity index (χ3n) is 3.12. The van der Waals surface area contributed by atoms with Crippen molar-refractivity contribution >= 4 is 6.03 Å². The second kappa shape index (κ2) is 8.19. The predicted molar refractivity (Wildman–Crippen MR) is 83.1 cm³/mol. The van der Waals surface area contributed by atoms with E-state index in [4.69, 9.17) is 4.42 Å². The number of aliphatic hydroxyl groups is 1. The van der Waals surface area contributed by atoms with Gasteiger partial charge in [0.1, 0.15) is 6.26 Å². The van der Waals surface area contributed by atoms with Crippen LogP contribution in [0.3, 0.4) is 0 Å². The van der Waals surface area contributed by atoms with Crippen LogP contribution in [0.15, 0.2) is 41.0 Å². The van der Waals surface area contributed by atoms with Gasteiger partial charge in [0.05, 0.1) is 18.3 Å². The van der Waals surface area contributed by atoms with Crippen LogP contribution in [0, 0.1) is 0 Å². The van der Waals surface area contributed by atoms with Crippen LogP contribution < -0.4 is 10.6 Å². The Balaban J connectivity index is 1.78. The van der Waals surface area contributed by atoms with Gasteiger partial charge in [0.25, 0.3) is 0 Å². The first-order chi connectivity index (χ1) is 10.7. The summed E-state index contributed by atoms with van der Waals surface area (Å²) < 4.78 is 5.39. The lowest BCUT2D eigenvalue weighted by atomic mass is 10.2. The van der Waals surface area contributed by atoms with Crippen LogP contribution in [0.25, 0.3) is 11.5 Å². The summed E-state index contributed by atoms with van der Waals surface area (Å²) in [6, 6.07) is 9.22. The van der Waals surface area contributed by atoms with Crippen molar-refractivity contribution in [1.29, 1.82) is 0 Å². The topological polar surface area (TPSA) is 87.4 Å². The molecule has 0 aliphatic carbocycles. The second-order valence-corrected chi connectivity index (χ2v) is 5.02. The largest absolute Gasteiger partial charge is 0.444 e. The van der Waals surface area contributed by atoms with E-state index in [0.717, 1.165) is 12.0 Å². The number of amides is 2. The molecule has 0 radical (unpaired) electrons. The van der Waals surface area contributed by atoms with Gasteiger partial charge in [-0.05, 0) is 18.6 Å². The molecule has 2 aromatic rings. The molecular formula is C16H21N3O3. The molecular weight excluding hydrogens is 282 g/mol. The van der Waals surface area contributed by atoms with E-state index in [1.807, 2.05) is 37.3 Å². The van der Waals surface area contributed by atoms with Gasteiger partial charge in [-0.15, -0.1) is 0 Å². The summed E-state index contributed by atoms with van der Waals surface area (Å²) in [6.45, 7) is 2.50. The standard InChI is InChI=1S/C16H21N3O3/c1-2-6-14(20)10-18-16(21)17-9-13-11-22-15(19-13)12-7-4-3-5-8-12/h3-5,7-8,11,14,20H,2,6,9-10H2,1H3,(H2,17,18,21). The second-order valence-electron chi connectivity index (χ2n) is 5.02. The fourth-order valence-corrected chi connectivity index (χ4v) is 1.98. The van der Waals surface area contributed by atoms with Gasteiger partial charge in [-0.1, -0.05) is 31.5 Å². The molecule has 6 heteroatoms. The molecule has 0 bridgehead atoms. The molecule has 1 unspecified atom stereocenters. The van der Waals surface area contributed by atoms with Gasteiger partial charge in [0, 0.05) is 12.1 Å². The van der Waals surface area contributed by atoms with Crippen molar-refractivity contribution in [3.63, 3.8) is 0 Å². The Morgan fingerprint density at radius 2 is 2.09 bits per heavy atom. The van der Waals surface area contributed by atoms with Crippen LogP contribution in [0.5, 0.6) is 0 Å². The van der Waals surface area contributed by atoms with Crippen LogP contribution >= 0.6 is 0 Å². The van der Waals surface area contributed by atoms with Crippen molar-refractivity contribution in [2.24, 2.45) is 0 Å². The number of hydrogen-bond acceptors (Lipinski definition) is 4. The van der Waals surface area contributed by atoms with Gasteiger partial charge in [-0.2, -0.15) is 0 Å². The summed E-state index contributed by atoms with van der Waals surface area (Å²) in [6.07, 6.45) is 2.57. The van der Waals surface area contributed by atoms with E-state index in [0.29, 0.717) is 18.0 Å². The van der Waals surface area contributed by atoms with Crippen molar-refractivity contribution in [3.05, 3.63) is 42.3 Å². The van der Waals surface area contributed by atoms with E-state index in [-0.39, 0.29) is 19.1 Å². The molecule has 0 saturated heterocycles. The number of carbonyl (C=O) groups is 1. The third-order valence-corrected chi connectivity index (χ3v) is 3.12. The number of benzene rings is 1. The highest BCUT2D eigenvalue weighted by atomic mass is 16.3. The SMILES string of the molecule is CCCC(O)CNC(=O)NCc1coc(-c2ccccc2)n1. The maximum atomic E-state index is 11.6. The number of aliphatic hydroxyl groups excluding tert-OH is 1. The Morgan fingerprint density at radius 3 is 2.82 bits per heavy atom. The lowest BCUT2D eigenvalue weighted by Gasteiger charge is -2.10. The Morgan fingerprint density at radius 1 is 1.32 bits per heavy atom. The van der Waals surface area contributed by atoms with Crippen molar-refractivity contribution in [2.75, 3.05) is 6.54 Å². The number of aromatic nitrogens is 1. The molecule has 1 aromatic carbocycles. The zero-order valence-corrected chi connectivity index (χ0v) is 12.6. The van der Waals surface area contributed by atoms with Crippen molar-refractivity contribution in [1.82, 2.24) is 15.6 Å². The minimum Gasteiger partial charge on any atom is -0.444 e. The maximum absolute atomic E-state index is 11.6. The Hall–Kier alpha value is -2.34. The average Bonchev–Trinajstić information content (AvgIpc) is 3.01. The molecule has 0 fully saturated rings. The highest BCUT2D eigenvalue weighted by Crippen LogP contribution is 2.17. The highest BCUT2D eigenvalue weighted by molar-refractivity contribution is 5.73. The molecule has 6 nitrogen and oxygen atoms in total. The molecule has 1 aromatic heterocycles. The molecule has 1 heterocycles. The van der Waals surface area contributed by atoms with Crippen molar-refractivity contribution in [2.45, 2.75) is 32.4 Å². The third kappa shape index (κ3) is 4.89. The molecule has 0 spiro atoms. The number of rotatable bonds is 7. The summed E-state index contributed by atoms with van der Waals surface area (Å²) in [5.41, 5.74) is 1.53. The van der Waals surface area contributed by atoms with Crippen LogP contribution in [0.2, 0.25) is 0 Å². The maximum Gasteiger partial charge on any atom is 0.315 e. The van der Waals surface area contributed by atoms with Crippen LogP contribution in [0.1, 0.15) is 25.5 Å². The first-order valence-electron chi connectivity index (χ1n) is 7.38. The van der Waals surface area contributed by atoms with Crippen molar-refractivity contribution in [3.8, 4) is 11.5 Å². The fourth-order valence-electron chi connectivity index (χ4n) is 1.98. The summed E-state index contributed by atoms with van der Waals surface area (Å²) in [5, 5.41) is 14.8. The molecule has 118 valence electrons. The Bertz CT molecular complexity index is 583. The first-order valence-corrected chi connectivity index (χ1v) is 7.38. The zero-order valence-electron chi connectivity index (χ0n) is 12.6. The molecule has 0 aliphatic rings. The zero-order chi connectivity index (χ0) is 15.8. The Labute approximate surface area is 129 Å². The normalized spacial score (nSPS) is 11.9. The summed E-state index contributed by atoms with van der Waals surface area (Å²) in [5.74, 6) is 0.524. The lowest BCUT2D eigenvalue weighted by Crippen LogP contribution is -2.39. The number of carbonyl (C=O) groups excluding carboxylic acids is 1. The molecule has 0 saturated carbocycles. The molecule has 0 aliphatic heterocycles. The Kier molecular flexibility index (Phi) is 5.97. The van der Waals surface area contributed by atoms with Gasteiger partial charge < -0.3 is 20.2 Å². The quantitative estimate of drug-likeness (QED) is 0.732. The van der Waals surface area contributed by atoms with E-state index < -0.39 is 6.10 Å². The number of nitrogens with zero attached hydrogens (tertiary/aromatic N) is 1. The average molecular weight is 303 g/mol. The van der Waals surface area contributed by atoms with Gasteiger partial charge >= 0.3 is 6.03 Å². The number of oxazole rings is 1. The van der Waals surface area contributed by atoms with Gasteiger partial charge in [0.15, 0.2) is 0 Å². The molecule has 22 heavy (non-hydrogen) atoms. The molecule has 2 amide bonds. The van der Waals surface area contributed by atoms with Gasteiger partial charge in [-0.25, -0.2) is 9.78 Å².